The number of carbonyl (C=O) groups is 1. The topological polar surface area (TPSA) is 26.3 Å². The third-order valence-electron chi connectivity index (χ3n) is 9.17. The van der Waals surface area contributed by atoms with Crippen molar-refractivity contribution >= 4 is 5.97 Å². The molecule has 0 radical (unpaired) electrons. The minimum absolute atomic E-state index is 0.140. The van der Waals surface area contributed by atoms with Crippen LogP contribution in [0.15, 0.2) is 0 Å². The molecule has 4 fully saturated rings. The van der Waals surface area contributed by atoms with Crippen LogP contribution >= 0.6 is 0 Å². The quantitative estimate of drug-likeness (QED) is 0.693. The first-order chi connectivity index (χ1) is 10.3. The Labute approximate surface area is 135 Å². The van der Waals surface area contributed by atoms with E-state index in [2.05, 4.69) is 34.6 Å². The van der Waals surface area contributed by atoms with E-state index in [1.54, 1.807) is 0 Å². The van der Waals surface area contributed by atoms with Crippen molar-refractivity contribution < 1.29 is 9.53 Å². The Kier molecular flexibility index (Phi) is 3.08. The van der Waals surface area contributed by atoms with E-state index in [1.807, 2.05) is 0 Å². The number of esters is 1. The molecule has 2 heteroatoms. The Balaban J connectivity index is 1.46. The van der Waals surface area contributed by atoms with Crippen LogP contribution < -0.4 is 0 Å². The molecule has 4 aliphatic rings. The molecule has 2 nitrogen and oxygen atoms in total. The van der Waals surface area contributed by atoms with Gasteiger partial charge in [0.1, 0.15) is 6.10 Å². The number of carbonyl (C=O) groups excluding carboxylic acids is 1. The fraction of sp³-hybridized carbons (Fsp3) is 0.950. The van der Waals surface area contributed by atoms with Crippen molar-refractivity contribution in [3.05, 3.63) is 0 Å². The molecule has 0 spiro atoms. The van der Waals surface area contributed by atoms with Crippen LogP contribution in [0.1, 0.15) is 66.7 Å². The van der Waals surface area contributed by atoms with Crippen molar-refractivity contribution in [3.63, 3.8) is 0 Å². The third kappa shape index (κ3) is 1.70. The lowest BCUT2D eigenvalue weighted by atomic mass is 9.70. The molecule has 0 saturated heterocycles. The van der Waals surface area contributed by atoms with Gasteiger partial charge in [-0.05, 0) is 67.1 Å². The largest absolute Gasteiger partial charge is 0.462 e. The number of fused-ring (bicyclic) bond motifs is 4. The van der Waals surface area contributed by atoms with Gasteiger partial charge in [-0.2, -0.15) is 0 Å². The minimum atomic E-state index is 0.140. The average Bonchev–Trinajstić information content (AvgIpc) is 3.11. The van der Waals surface area contributed by atoms with Crippen LogP contribution in [0.3, 0.4) is 0 Å². The number of ether oxygens (including phenoxy) is 1. The van der Waals surface area contributed by atoms with E-state index >= 15 is 0 Å². The second-order valence-corrected chi connectivity index (χ2v) is 9.76. The number of hydrogen-bond acceptors (Lipinski definition) is 2. The van der Waals surface area contributed by atoms with Gasteiger partial charge in [-0.1, -0.05) is 34.6 Å². The van der Waals surface area contributed by atoms with Crippen molar-refractivity contribution in [1.29, 1.82) is 0 Å². The molecule has 0 amide bonds. The molecule has 0 aromatic carbocycles. The number of rotatable bonds is 2. The normalized spacial score (nSPS) is 54.9. The van der Waals surface area contributed by atoms with Crippen molar-refractivity contribution in [2.45, 2.75) is 72.8 Å². The summed E-state index contributed by atoms with van der Waals surface area (Å²) in [5, 5.41) is 0. The van der Waals surface area contributed by atoms with Gasteiger partial charge in [-0.15, -0.1) is 0 Å². The Hall–Kier alpha value is -0.530. The highest BCUT2D eigenvalue weighted by molar-refractivity contribution is 5.74. The molecule has 4 rings (SSSR count). The van der Waals surface area contributed by atoms with Crippen molar-refractivity contribution in [2.24, 2.45) is 46.3 Å². The maximum absolute atomic E-state index is 12.9. The summed E-state index contributed by atoms with van der Waals surface area (Å²) in [7, 11) is 0. The lowest BCUT2D eigenvalue weighted by Crippen LogP contribution is -2.40. The Morgan fingerprint density at radius 3 is 2.27 bits per heavy atom. The molecule has 0 aromatic rings. The van der Waals surface area contributed by atoms with Crippen LogP contribution in [-0.2, 0) is 9.53 Å². The molecular formula is C20H32O2. The van der Waals surface area contributed by atoms with Gasteiger partial charge in [0.05, 0.1) is 5.92 Å². The van der Waals surface area contributed by atoms with E-state index in [-0.39, 0.29) is 23.4 Å². The molecular weight excluding hydrogens is 272 g/mol. The Morgan fingerprint density at radius 2 is 1.77 bits per heavy atom. The molecule has 8 unspecified atom stereocenters. The Bertz CT molecular complexity index is 494. The summed E-state index contributed by atoms with van der Waals surface area (Å²) in [6.07, 6.45) is 6.17. The number of hydrogen-bond donors (Lipinski definition) is 0. The van der Waals surface area contributed by atoms with Gasteiger partial charge >= 0.3 is 5.97 Å². The van der Waals surface area contributed by atoms with Gasteiger partial charge in [0, 0.05) is 5.41 Å². The second kappa shape index (κ2) is 4.51. The highest BCUT2D eigenvalue weighted by atomic mass is 16.5. The van der Waals surface area contributed by atoms with Gasteiger partial charge in [-0.3, -0.25) is 4.79 Å². The summed E-state index contributed by atoms with van der Waals surface area (Å²) in [4.78, 5) is 12.9. The van der Waals surface area contributed by atoms with E-state index in [0.29, 0.717) is 17.3 Å². The summed E-state index contributed by atoms with van der Waals surface area (Å²) in [6, 6.07) is 0. The predicted molar refractivity (Wildman–Crippen MR) is 87.1 cm³/mol. The van der Waals surface area contributed by atoms with Gasteiger partial charge in [0.25, 0.3) is 0 Å². The van der Waals surface area contributed by atoms with Crippen LogP contribution in [0.25, 0.3) is 0 Å². The zero-order valence-corrected chi connectivity index (χ0v) is 14.9. The van der Waals surface area contributed by atoms with Gasteiger partial charge < -0.3 is 4.74 Å². The van der Waals surface area contributed by atoms with E-state index in [1.165, 1.54) is 19.3 Å². The first-order valence-electron chi connectivity index (χ1n) is 9.46. The smallest absolute Gasteiger partial charge is 0.309 e. The highest BCUT2D eigenvalue weighted by Gasteiger charge is 2.63. The van der Waals surface area contributed by atoms with E-state index in [0.717, 1.165) is 30.6 Å². The van der Waals surface area contributed by atoms with Gasteiger partial charge in [0.15, 0.2) is 0 Å². The molecule has 0 aliphatic heterocycles. The van der Waals surface area contributed by atoms with Crippen molar-refractivity contribution in [2.75, 3.05) is 0 Å². The maximum atomic E-state index is 12.9. The lowest BCUT2D eigenvalue weighted by molar-refractivity contribution is -0.164. The molecule has 4 bridgehead atoms. The summed E-state index contributed by atoms with van der Waals surface area (Å²) in [5.41, 5.74) is 0.526. The second-order valence-electron chi connectivity index (χ2n) is 9.76. The Morgan fingerprint density at radius 1 is 1.05 bits per heavy atom. The maximum Gasteiger partial charge on any atom is 0.309 e. The van der Waals surface area contributed by atoms with Crippen LogP contribution in [-0.4, -0.2) is 12.1 Å². The van der Waals surface area contributed by atoms with Crippen molar-refractivity contribution in [1.82, 2.24) is 0 Å². The van der Waals surface area contributed by atoms with Gasteiger partial charge in [0.2, 0.25) is 0 Å². The molecule has 4 aliphatic carbocycles. The fourth-order valence-corrected chi connectivity index (χ4v) is 6.75. The van der Waals surface area contributed by atoms with Crippen LogP contribution in [0.2, 0.25) is 0 Å². The van der Waals surface area contributed by atoms with E-state index < -0.39 is 0 Å². The molecule has 124 valence electrons. The van der Waals surface area contributed by atoms with E-state index in [9.17, 15) is 4.79 Å². The molecule has 8 atom stereocenters. The average molecular weight is 304 g/mol. The summed E-state index contributed by atoms with van der Waals surface area (Å²) in [5.74, 6) is 3.94. The van der Waals surface area contributed by atoms with E-state index in [4.69, 9.17) is 4.74 Å². The van der Waals surface area contributed by atoms with Crippen molar-refractivity contribution in [3.8, 4) is 0 Å². The monoisotopic (exact) mass is 304 g/mol. The zero-order valence-electron chi connectivity index (χ0n) is 14.9. The van der Waals surface area contributed by atoms with Crippen LogP contribution in [0.5, 0.6) is 0 Å². The third-order valence-corrected chi connectivity index (χ3v) is 9.17. The standard InChI is InChI=1S/C20H32O2/c1-11-12(2)15-8-13(11)9-16(15)18(21)22-17-10-14-6-7-20(17,5)19(14,3)4/h11-17H,6-10H2,1-5H3. The lowest BCUT2D eigenvalue weighted by Gasteiger charge is -2.39. The molecule has 22 heavy (non-hydrogen) atoms. The highest BCUT2D eigenvalue weighted by Crippen LogP contribution is 2.66. The zero-order chi connectivity index (χ0) is 15.9. The fourth-order valence-electron chi connectivity index (χ4n) is 6.75. The summed E-state index contributed by atoms with van der Waals surface area (Å²) < 4.78 is 6.17. The van der Waals surface area contributed by atoms with Crippen LogP contribution in [0.4, 0.5) is 0 Å². The molecule has 0 N–H and O–H groups in total. The summed E-state index contributed by atoms with van der Waals surface area (Å²) >= 11 is 0. The first kappa shape index (κ1) is 15.0. The van der Waals surface area contributed by atoms with Gasteiger partial charge in [-0.25, -0.2) is 0 Å². The molecule has 0 aromatic heterocycles. The predicted octanol–water partition coefficient (Wildman–Crippen LogP) is 4.67. The summed E-state index contributed by atoms with van der Waals surface area (Å²) in [6.45, 7) is 11.9. The molecule has 0 heterocycles. The van der Waals surface area contributed by atoms with Crippen LogP contribution in [0, 0.1) is 46.3 Å². The SMILES string of the molecule is CC1C2CC(C(=O)OC3CC4CCC3(C)C4(C)C)C(C2)C1C. The minimum Gasteiger partial charge on any atom is -0.462 e. The first-order valence-corrected chi connectivity index (χ1v) is 9.46. The molecule has 4 saturated carbocycles.